The summed E-state index contributed by atoms with van der Waals surface area (Å²) >= 11 is 0. The zero-order valence-corrected chi connectivity index (χ0v) is 13.7. The Balaban J connectivity index is 1.57. The lowest BCUT2D eigenvalue weighted by molar-refractivity contribution is -0.0829. The summed E-state index contributed by atoms with van der Waals surface area (Å²) < 4.78 is 6.29. The van der Waals surface area contributed by atoms with E-state index in [1.165, 1.54) is 0 Å². The molecule has 3 heteroatoms. The summed E-state index contributed by atoms with van der Waals surface area (Å²) in [6.45, 7) is 4.18. The van der Waals surface area contributed by atoms with Gasteiger partial charge in [-0.3, -0.25) is 0 Å². The molecule has 3 nitrogen and oxygen atoms in total. The number of aryl methyl sites for hydroxylation is 1. The van der Waals surface area contributed by atoms with Crippen LogP contribution in [0.4, 0.5) is 0 Å². The number of rotatable bonds is 6. The molecule has 0 radical (unpaired) electrons. The van der Waals surface area contributed by atoms with Crippen LogP contribution in [-0.2, 0) is 4.74 Å². The van der Waals surface area contributed by atoms with Gasteiger partial charge in [0.15, 0.2) is 0 Å². The number of benzene rings is 1. The minimum absolute atomic E-state index is 0.0753. The first-order chi connectivity index (χ1) is 10.5. The molecule has 0 saturated carbocycles. The van der Waals surface area contributed by atoms with Gasteiger partial charge in [0.2, 0.25) is 0 Å². The largest absolute Gasteiger partial charge is 0.390 e. The van der Waals surface area contributed by atoms with E-state index in [9.17, 15) is 10.2 Å². The molecule has 1 aromatic carbocycles. The summed E-state index contributed by atoms with van der Waals surface area (Å²) in [7, 11) is 0. The average molecular weight is 304 g/mol. The maximum atomic E-state index is 10.4. The van der Waals surface area contributed by atoms with Crippen LogP contribution in [0, 0.1) is 6.92 Å². The molecular weight excluding hydrogens is 276 g/mol. The Morgan fingerprint density at radius 2 is 2.09 bits per heavy atom. The van der Waals surface area contributed by atoms with E-state index in [1.54, 1.807) is 0 Å². The number of aliphatic hydroxyl groups excluding tert-OH is 2. The Hall–Kier alpha value is -0.900. The fraction of sp³-hybridized carbons (Fsp3) is 0.684. The Morgan fingerprint density at radius 3 is 2.73 bits per heavy atom. The minimum Gasteiger partial charge on any atom is -0.390 e. The highest BCUT2D eigenvalue weighted by molar-refractivity contribution is 5.27. The van der Waals surface area contributed by atoms with Crippen molar-refractivity contribution >= 4 is 0 Å². The van der Waals surface area contributed by atoms with Crippen molar-refractivity contribution in [3.05, 3.63) is 35.4 Å². The maximum absolute atomic E-state index is 10.4. The van der Waals surface area contributed by atoms with E-state index >= 15 is 0 Å². The van der Waals surface area contributed by atoms with Crippen LogP contribution < -0.4 is 0 Å². The summed E-state index contributed by atoms with van der Waals surface area (Å²) in [6.07, 6.45) is 5.49. The molecule has 1 aromatic rings. The van der Waals surface area contributed by atoms with Gasteiger partial charge in [-0.05, 0) is 56.6 Å². The van der Waals surface area contributed by atoms with Crippen molar-refractivity contribution in [2.45, 2.75) is 82.2 Å². The highest BCUT2D eigenvalue weighted by Crippen LogP contribution is 2.54. The molecule has 0 spiro atoms. The second-order valence-corrected chi connectivity index (χ2v) is 7.19. The van der Waals surface area contributed by atoms with Crippen molar-refractivity contribution in [3.8, 4) is 0 Å². The summed E-state index contributed by atoms with van der Waals surface area (Å²) in [5.41, 5.74) is 1.73. The third kappa shape index (κ3) is 2.70. The fourth-order valence-electron chi connectivity index (χ4n) is 4.34. The molecule has 0 amide bonds. The van der Waals surface area contributed by atoms with Gasteiger partial charge in [0.25, 0.3) is 0 Å². The van der Waals surface area contributed by atoms with E-state index in [1.807, 2.05) is 31.2 Å². The van der Waals surface area contributed by atoms with Gasteiger partial charge in [-0.15, -0.1) is 0 Å². The summed E-state index contributed by atoms with van der Waals surface area (Å²) in [4.78, 5) is 0. The quantitative estimate of drug-likeness (QED) is 0.843. The minimum atomic E-state index is -0.423. The SMILES string of the molecule is CCC12CCC(CCCC(O)c3ccccc3C)(O1)C(O)C2. The predicted molar refractivity (Wildman–Crippen MR) is 86.7 cm³/mol. The standard InChI is InChI=1S/C19H28O3/c1-3-18-11-12-19(22-18,17(21)13-18)10-6-9-16(20)15-8-5-4-7-14(15)2/h4-5,7-8,16-17,20-21H,3,6,9-13H2,1-2H3. The second kappa shape index (κ2) is 5.95. The summed E-state index contributed by atoms with van der Waals surface area (Å²) in [5, 5.41) is 20.8. The molecule has 4 unspecified atom stereocenters. The van der Waals surface area contributed by atoms with Crippen molar-refractivity contribution in [2.75, 3.05) is 0 Å². The van der Waals surface area contributed by atoms with Crippen molar-refractivity contribution in [3.63, 3.8) is 0 Å². The highest BCUT2D eigenvalue weighted by atomic mass is 16.6. The van der Waals surface area contributed by atoms with E-state index < -0.39 is 6.10 Å². The number of hydrogen-bond acceptors (Lipinski definition) is 3. The summed E-state index contributed by atoms with van der Waals surface area (Å²) in [5.74, 6) is 0. The van der Waals surface area contributed by atoms with Crippen LogP contribution in [-0.4, -0.2) is 27.5 Å². The van der Waals surface area contributed by atoms with E-state index in [0.29, 0.717) is 0 Å². The Labute approximate surface area is 133 Å². The molecule has 4 atom stereocenters. The molecule has 0 aromatic heterocycles. The molecular formula is C19H28O3. The van der Waals surface area contributed by atoms with Crippen LogP contribution in [0.2, 0.25) is 0 Å². The molecule has 2 fully saturated rings. The van der Waals surface area contributed by atoms with Gasteiger partial charge < -0.3 is 14.9 Å². The van der Waals surface area contributed by atoms with E-state index in [0.717, 1.165) is 56.1 Å². The predicted octanol–water partition coefficient (Wildman–Crippen LogP) is 3.66. The Kier molecular flexibility index (Phi) is 4.32. The van der Waals surface area contributed by atoms with Gasteiger partial charge in [0.1, 0.15) is 0 Å². The molecule has 2 bridgehead atoms. The van der Waals surface area contributed by atoms with Crippen LogP contribution in [0.25, 0.3) is 0 Å². The van der Waals surface area contributed by atoms with Gasteiger partial charge in [-0.2, -0.15) is 0 Å². The van der Waals surface area contributed by atoms with Crippen molar-refractivity contribution in [1.82, 2.24) is 0 Å². The van der Waals surface area contributed by atoms with Crippen LogP contribution in [0.3, 0.4) is 0 Å². The highest BCUT2D eigenvalue weighted by Gasteiger charge is 2.59. The third-order valence-electron chi connectivity index (χ3n) is 5.87. The third-order valence-corrected chi connectivity index (χ3v) is 5.87. The Bertz CT molecular complexity index is 529. The summed E-state index contributed by atoms with van der Waals surface area (Å²) in [6, 6.07) is 8.00. The lowest BCUT2D eigenvalue weighted by atomic mass is 9.76. The van der Waals surface area contributed by atoms with Crippen molar-refractivity contribution < 1.29 is 14.9 Å². The molecule has 122 valence electrons. The van der Waals surface area contributed by atoms with Gasteiger partial charge >= 0.3 is 0 Å². The first-order valence-corrected chi connectivity index (χ1v) is 8.62. The number of fused-ring (bicyclic) bond motifs is 2. The van der Waals surface area contributed by atoms with Crippen LogP contribution in [0.1, 0.15) is 69.1 Å². The Morgan fingerprint density at radius 1 is 1.32 bits per heavy atom. The lowest BCUT2D eigenvalue weighted by Gasteiger charge is -2.29. The lowest BCUT2D eigenvalue weighted by Crippen LogP contribution is -2.38. The molecule has 2 aliphatic heterocycles. The maximum Gasteiger partial charge on any atom is 0.0949 e. The van der Waals surface area contributed by atoms with Crippen molar-refractivity contribution in [2.24, 2.45) is 0 Å². The number of ether oxygens (including phenoxy) is 1. The molecule has 2 heterocycles. The first kappa shape index (κ1) is 16.0. The molecule has 2 aliphatic rings. The van der Waals surface area contributed by atoms with Crippen LogP contribution >= 0.6 is 0 Å². The van der Waals surface area contributed by atoms with Gasteiger partial charge in [-0.1, -0.05) is 31.2 Å². The van der Waals surface area contributed by atoms with Crippen LogP contribution in [0.5, 0.6) is 0 Å². The average Bonchev–Trinajstić information content (AvgIpc) is 3.01. The molecule has 22 heavy (non-hydrogen) atoms. The van der Waals surface area contributed by atoms with E-state index in [4.69, 9.17) is 4.74 Å². The smallest absolute Gasteiger partial charge is 0.0949 e. The van der Waals surface area contributed by atoms with Crippen LogP contribution in [0.15, 0.2) is 24.3 Å². The monoisotopic (exact) mass is 304 g/mol. The van der Waals surface area contributed by atoms with E-state index in [2.05, 4.69) is 6.92 Å². The second-order valence-electron chi connectivity index (χ2n) is 7.19. The number of aliphatic hydroxyl groups is 2. The molecule has 0 aliphatic carbocycles. The number of hydrogen-bond donors (Lipinski definition) is 2. The molecule has 3 rings (SSSR count). The zero-order chi connectivity index (χ0) is 15.8. The van der Waals surface area contributed by atoms with Gasteiger partial charge in [-0.25, -0.2) is 0 Å². The molecule has 2 saturated heterocycles. The topological polar surface area (TPSA) is 49.7 Å². The fourth-order valence-corrected chi connectivity index (χ4v) is 4.34. The first-order valence-electron chi connectivity index (χ1n) is 8.62. The molecule has 2 N–H and O–H groups in total. The van der Waals surface area contributed by atoms with Gasteiger partial charge in [0.05, 0.1) is 23.4 Å². The normalized spacial score (nSPS) is 35.0. The zero-order valence-electron chi connectivity index (χ0n) is 13.7. The van der Waals surface area contributed by atoms with Crippen molar-refractivity contribution in [1.29, 1.82) is 0 Å². The van der Waals surface area contributed by atoms with E-state index in [-0.39, 0.29) is 17.3 Å². The van der Waals surface area contributed by atoms with Gasteiger partial charge in [0, 0.05) is 6.42 Å².